The molecule has 16 heavy (non-hydrogen) atoms. The van der Waals surface area contributed by atoms with Crippen molar-refractivity contribution in [3.8, 4) is 0 Å². The average molecular weight is 240 g/mol. The van der Waals surface area contributed by atoms with Gasteiger partial charge in [0.05, 0.1) is 5.69 Å². The number of nitrogens with zero attached hydrogens (tertiary/aromatic N) is 1. The molecule has 2 heterocycles. The first-order valence-electron chi connectivity index (χ1n) is 5.85. The molecule has 1 aromatic heterocycles. The SMILES string of the molecule is COC(C)(C)c1nc(CC2CCCN2)cs1. The van der Waals surface area contributed by atoms with Crippen molar-refractivity contribution in [2.75, 3.05) is 13.7 Å². The zero-order valence-electron chi connectivity index (χ0n) is 10.2. The summed E-state index contributed by atoms with van der Waals surface area (Å²) in [7, 11) is 1.74. The van der Waals surface area contributed by atoms with Crippen LogP contribution in [0.2, 0.25) is 0 Å². The molecule has 4 heteroatoms. The van der Waals surface area contributed by atoms with Crippen molar-refractivity contribution in [1.29, 1.82) is 0 Å². The van der Waals surface area contributed by atoms with E-state index in [4.69, 9.17) is 4.74 Å². The number of nitrogens with one attached hydrogen (secondary N) is 1. The number of hydrogen-bond acceptors (Lipinski definition) is 4. The number of thiazole rings is 1. The minimum Gasteiger partial charge on any atom is -0.372 e. The summed E-state index contributed by atoms with van der Waals surface area (Å²) in [5.74, 6) is 0. The normalized spacial score (nSPS) is 21.6. The Bertz CT molecular complexity index is 343. The highest BCUT2D eigenvalue weighted by molar-refractivity contribution is 7.09. The molecule has 1 saturated heterocycles. The third-order valence-electron chi connectivity index (χ3n) is 3.20. The smallest absolute Gasteiger partial charge is 0.124 e. The molecule has 0 saturated carbocycles. The van der Waals surface area contributed by atoms with E-state index in [-0.39, 0.29) is 5.60 Å². The van der Waals surface area contributed by atoms with Gasteiger partial charge in [-0.05, 0) is 33.2 Å². The second kappa shape index (κ2) is 4.82. The van der Waals surface area contributed by atoms with Crippen molar-refractivity contribution >= 4 is 11.3 Å². The summed E-state index contributed by atoms with van der Waals surface area (Å²) in [6, 6.07) is 0.626. The molecule has 1 atom stereocenters. The third-order valence-corrected chi connectivity index (χ3v) is 4.39. The van der Waals surface area contributed by atoms with Gasteiger partial charge in [-0.15, -0.1) is 11.3 Å². The zero-order valence-corrected chi connectivity index (χ0v) is 11.1. The monoisotopic (exact) mass is 240 g/mol. The molecule has 1 aliphatic rings. The molecule has 3 nitrogen and oxygen atoms in total. The Morgan fingerprint density at radius 3 is 3.06 bits per heavy atom. The fraction of sp³-hybridized carbons (Fsp3) is 0.750. The van der Waals surface area contributed by atoms with Gasteiger partial charge in [-0.2, -0.15) is 0 Å². The van der Waals surface area contributed by atoms with Crippen molar-refractivity contribution in [3.05, 3.63) is 16.1 Å². The van der Waals surface area contributed by atoms with E-state index in [1.807, 2.05) is 0 Å². The lowest BCUT2D eigenvalue weighted by Gasteiger charge is -2.19. The standard InChI is InChI=1S/C12H20N2OS/c1-12(2,15-3)11-14-10(8-16-11)7-9-5-4-6-13-9/h8-9,13H,4-7H2,1-3H3. The molecular weight excluding hydrogens is 220 g/mol. The van der Waals surface area contributed by atoms with Crippen LogP contribution >= 0.6 is 11.3 Å². The van der Waals surface area contributed by atoms with Crippen LogP contribution in [0.4, 0.5) is 0 Å². The van der Waals surface area contributed by atoms with E-state index < -0.39 is 0 Å². The lowest BCUT2D eigenvalue weighted by molar-refractivity contribution is 0.0189. The van der Waals surface area contributed by atoms with E-state index in [1.54, 1.807) is 18.4 Å². The molecule has 0 bridgehead atoms. The Morgan fingerprint density at radius 2 is 2.44 bits per heavy atom. The van der Waals surface area contributed by atoms with Gasteiger partial charge < -0.3 is 10.1 Å². The lowest BCUT2D eigenvalue weighted by atomic mass is 10.1. The van der Waals surface area contributed by atoms with E-state index >= 15 is 0 Å². The zero-order chi connectivity index (χ0) is 11.6. The number of rotatable bonds is 4. The summed E-state index contributed by atoms with van der Waals surface area (Å²) in [6.07, 6.45) is 3.63. The number of hydrogen-bond donors (Lipinski definition) is 1. The van der Waals surface area contributed by atoms with E-state index in [0.29, 0.717) is 6.04 Å². The predicted molar refractivity (Wildman–Crippen MR) is 66.9 cm³/mol. The first-order valence-corrected chi connectivity index (χ1v) is 6.73. The molecule has 0 aromatic carbocycles. The Kier molecular flexibility index (Phi) is 3.62. The van der Waals surface area contributed by atoms with Crippen molar-refractivity contribution in [1.82, 2.24) is 10.3 Å². The second-order valence-corrected chi connectivity index (χ2v) is 5.71. The van der Waals surface area contributed by atoms with E-state index in [1.165, 1.54) is 18.5 Å². The quantitative estimate of drug-likeness (QED) is 0.877. The molecule has 0 amide bonds. The Morgan fingerprint density at radius 1 is 1.62 bits per heavy atom. The largest absolute Gasteiger partial charge is 0.372 e. The summed E-state index contributed by atoms with van der Waals surface area (Å²) in [6.45, 7) is 5.28. The summed E-state index contributed by atoms with van der Waals surface area (Å²) in [4.78, 5) is 4.67. The minimum atomic E-state index is -0.258. The van der Waals surface area contributed by atoms with Crippen LogP contribution in [0.5, 0.6) is 0 Å². The van der Waals surface area contributed by atoms with Crippen LogP contribution in [0, 0.1) is 0 Å². The van der Waals surface area contributed by atoms with Crippen LogP contribution < -0.4 is 5.32 Å². The summed E-state index contributed by atoms with van der Waals surface area (Å²) >= 11 is 1.70. The lowest BCUT2D eigenvalue weighted by Crippen LogP contribution is -2.24. The van der Waals surface area contributed by atoms with Crippen LogP contribution in [0.25, 0.3) is 0 Å². The average Bonchev–Trinajstić information content (AvgIpc) is 2.89. The van der Waals surface area contributed by atoms with Crippen LogP contribution in [0.3, 0.4) is 0 Å². The van der Waals surface area contributed by atoms with Gasteiger partial charge in [0.1, 0.15) is 10.6 Å². The number of ether oxygens (including phenoxy) is 1. The Hall–Kier alpha value is -0.450. The topological polar surface area (TPSA) is 34.1 Å². The van der Waals surface area contributed by atoms with Gasteiger partial charge in [0.15, 0.2) is 0 Å². The fourth-order valence-corrected chi connectivity index (χ4v) is 2.88. The highest BCUT2D eigenvalue weighted by atomic mass is 32.1. The maximum Gasteiger partial charge on any atom is 0.124 e. The maximum atomic E-state index is 5.44. The Balaban J connectivity index is 2.01. The molecule has 0 radical (unpaired) electrons. The summed E-state index contributed by atoms with van der Waals surface area (Å²) < 4.78 is 5.44. The molecule has 2 rings (SSSR count). The van der Waals surface area contributed by atoms with Crippen LogP contribution in [-0.2, 0) is 16.8 Å². The summed E-state index contributed by atoms with van der Waals surface area (Å²) in [5, 5.41) is 6.74. The molecule has 0 aliphatic carbocycles. The van der Waals surface area contributed by atoms with Gasteiger partial charge in [-0.1, -0.05) is 0 Å². The highest BCUT2D eigenvalue weighted by Crippen LogP contribution is 2.27. The maximum absolute atomic E-state index is 5.44. The molecule has 1 aromatic rings. The molecule has 0 spiro atoms. The van der Waals surface area contributed by atoms with Gasteiger partial charge in [0, 0.05) is 25.0 Å². The highest BCUT2D eigenvalue weighted by Gasteiger charge is 2.24. The first kappa shape index (κ1) is 12.0. The third kappa shape index (κ3) is 2.62. The second-order valence-electron chi connectivity index (χ2n) is 4.86. The van der Waals surface area contributed by atoms with Gasteiger partial charge in [-0.3, -0.25) is 0 Å². The van der Waals surface area contributed by atoms with Crippen LogP contribution in [-0.4, -0.2) is 24.7 Å². The van der Waals surface area contributed by atoms with Gasteiger partial charge in [-0.25, -0.2) is 4.98 Å². The molecule has 1 unspecified atom stereocenters. The van der Waals surface area contributed by atoms with Gasteiger partial charge in [0.25, 0.3) is 0 Å². The van der Waals surface area contributed by atoms with Crippen molar-refractivity contribution in [2.24, 2.45) is 0 Å². The van der Waals surface area contributed by atoms with E-state index in [0.717, 1.165) is 18.0 Å². The van der Waals surface area contributed by atoms with Crippen LogP contribution in [0.15, 0.2) is 5.38 Å². The van der Waals surface area contributed by atoms with Gasteiger partial charge in [0.2, 0.25) is 0 Å². The molecule has 90 valence electrons. The number of aromatic nitrogens is 1. The predicted octanol–water partition coefficient (Wildman–Crippen LogP) is 2.32. The van der Waals surface area contributed by atoms with Crippen molar-refractivity contribution in [2.45, 2.75) is 44.8 Å². The van der Waals surface area contributed by atoms with E-state index in [9.17, 15) is 0 Å². The Labute approximate surface area is 101 Å². The van der Waals surface area contributed by atoms with E-state index in [2.05, 4.69) is 29.5 Å². The molecular formula is C12H20N2OS. The summed E-state index contributed by atoms with van der Waals surface area (Å²) in [5.41, 5.74) is 0.941. The molecule has 1 aliphatic heterocycles. The van der Waals surface area contributed by atoms with Crippen molar-refractivity contribution < 1.29 is 4.74 Å². The number of methoxy groups -OCH3 is 1. The minimum absolute atomic E-state index is 0.258. The van der Waals surface area contributed by atoms with Crippen LogP contribution in [0.1, 0.15) is 37.4 Å². The molecule has 1 fully saturated rings. The molecule has 1 N–H and O–H groups in total. The first-order chi connectivity index (χ1) is 7.62. The van der Waals surface area contributed by atoms with Crippen molar-refractivity contribution in [3.63, 3.8) is 0 Å². The van der Waals surface area contributed by atoms with Gasteiger partial charge >= 0.3 is 0 Å². The fourth-order valence-electron chi connectivity index (χ4n) is 1.95.